The van der Waals surface area contributed by atoms with Crippen LogP contribution in [0, 0.1) is 35.5 Å². The average Bonchev–Trinajstić information content (AvgIpc) is 2.42. The molecule has 0 aromatic carbocycles. The van der Waals surface area contributed by atoms with E-state index in [1.807, 2.05) is 0 Å². The molecule has 0 aromatic rings. The molecule has 1 atom stereocenters. The maximum absolute atomic E-state index is 5.58. The summed E-state index contributed by atoms with van der Waals surface area (Å²) < 4.78 is 5.58. The van der Waals surface area contributed by atoms with Crippen LogP contribution in [0.3, 0.4) is 0 Å². The molecule has 1 N–H and O–H groups in total. The van der Waals surface area contributed by atoms with Crippen LogP contribution in [0.25, 0.3) is 0 Å². The van der Waals surface area contributed by atoms with Crippen molar-refractivity contribution in [3.63, 3.8) is 0 Å². The molecule has 2 nitrogen and oxygen atoms in total. The largest absolute Gasteiger partial charge is 0.381 e. The van der Waals surface area contributed by atoms with Crippen LogP contribution in [0.5, 0.6) is 0 Å². The van der Waals surface area contributed by atoms with Gasteiger partial charge in [-0.25, -0.2) is 0 Å². The Morgan fingerprint density at radius 1 is 0.895 bits per heavy atom. The molecule has 1 heterocycles. The van der Waals surface area contributed by atoms with Gasteiger partial charge in [-0.3, -0.25) is 0 Å². The second-order valence-corrected chi connectivity index (χ2v) is 7.84. The van der Waals surface area contributed by atoms with E-state index in [-0.39, 0.29) is 0 Å². The van der Waals surface area contributed by atoms with Gasteiger partial charge in [0.05, 0.1) is 6.61 Å². The summed E-state index contributed by atoms with van der Waals surface area (Å²) in [6, 6.07) is 0. The Balaban J connectivity index is 1.26. The predicted molar refractivity (Wildman–Crippen MR) is 76.9 cm³/mol. The summed E-state index contributed by atoms with van der Waals surface area (Å²) in [7, 11) is 0. The molecule has 0 radical (unpaired) electrons. The lowest BCUT2D eigenvalue weighted by Crippen LogP contribution is -2.48. The van der Waals surface area contributed by atoms with E-state index >= 15 is 0 Å². The van der Waals surface area contributed by atoms with Crippen LogP contribution >= 0.6 is 0 Å². The van der Waals surface area contributed by atoms with Gasteiger partial charge in [-0.15, -0.1) is 0 Å². The highest BCUT2D eigenvalue weighted by atomic mass is 16.5. The fourth-order valence-electron chi connectivity index (χ4n) is 5.79. The molecular weight excluding hydrogens is 234 g/mol. The number of ether oxygens (including phenoxy) is 1. The second-order valence-electron chi connectivity index (χ2n) is 7.84. The second kappa shape index (κ2) is 5.37. The van der Waals surface area contributed by atoms with E-state index in [0.29, 0.717) is 0 Å². The predicted octanol–water partition coefficient (Wildman–Crippen LogP) is 3.07. The van der Waals surface area contributed by atoms with E-state index in [1.165, 1.54) is 25.9 Å². The molecule has 2 heteroatoms. The van der Waals surface area contributed by atoms with Gasteiger partial charge in [-0.1, -0.05) is 0 Å². The van der Waals surface area contributed by atoms with Crippen molar-refractivity contribution in [1.29, 1.82) is 0 Å². The van der Waals surface area contributed by atoms with Gasteiger partial charge in [0.2, 0.25) is 0 Å². The van der Waals surface area contributed by atoms with Gasteiger partial charge < -0.3 is 10.1 Å². The van der Waals surface area contributed by atoms with Crippen LogP contribution in [0.2, 0.25) is 0 Å². The normalized spacial score (nSPS) is 48.6. The van der Waals surface area contributed by atoms with Crippen molar-refractivity contribution in [2.45, 2.75) is 44.9 Å². The first-order valence-electron chi connectivity index (χ1n) is 8.67. The summed E-state index contributed by atoms with van der Waals surface area (Å²) in [5.41, 5.74) is 0. The molecule has 1 aliphatic heterocycles. The highest BCUT2D eigenvalue weighted by Gasteiger charge is 2.47. The monoisotopic (exact) mass is 263 g/mol. The molecule has 4 aliphatic carbocycles. The minimum absolute atomic E-state index is 0.783. The van der Waals surface area contributed by atoms with Crippen molar-refractivity contribution in [2.24, 2.45) is 35.5 Å². The lowest BCUT2D eigenvalue weighted by molar-refractivity contribution is -0.0363. The summed E-state index contributed by atoms with van der Waals surface area (Å²) in [5, 5.41) is 3.80. The van der Waals surface area contributed by atoms with E-state index in [9.17, 15) is 0 Å². The molecule has 5 rings (SSSR count). The number of rotatable bonds is 4. The molecule has 5 fully saturated rings. The van der Waals surface area contributed by atoms with Gasteiger partial charge in [0.15, 0.2) is 0 Å². The maximum Gasteiger partial charge on any atom is 0.0506 e. The highest BCUT2D eigenvalue weighted by molar-refractivity contribution is 4.98. The molecule has 5 aliphatic rings. The van der Waals surface area contributed by atoms with Crippen LogP contribution in [-0.2, 0) is 4.74 Å². The lowest BCUT2D eigenvalue weighted by atomic mass is 9.52. The van der Waals surface area contributed by atoms with Crippen molar-refractivity contribution in [3.05, 3.63) is 0 Å². The molecule has 1 unspecified atom stereocenters. The Hall–Kier alpha value is -0.0800. The van der Waals surface area contributed by atoms with Gasteiger partial charge >= 0.3 is 0 Å². The van der Waals surface area contributed by atoms with E-state index in [1.54, 1.807) is 32.1 Å². The quantitative estimate of drug-likeness (QED) is 0.841. The summed E-state index contributed by atoms with van der Waals surface area (Å²) in [5.74, 6) is 6.18. The molecule has 0 spiro atoms. The SMILES string of the molecule is C1COCC(CNCC2C3CC4CC(C3)CC2C4)C1. The van der Waals surface area contributed by atoms with E-state index < -0.39 is 0 Å². The molecule has 0 aromatic heterocycles. The van der Waals surface area contributed by atoms with Crippen LogP contribution < -0.4 is 5.32 Å². The molecule has 1 saturated heterocycles. The Bertz CT molecular complexity index is 282. The van der Waals surface area contributed by atoms with Crippen molar-refractivity contribution in [3.8, 4) is 0 Å². The Labute approximate surface area is 117 Å². The van der Waals surface area contributed by atoms with Gasteiger partial charge in [-0.05, 0) is 87.0 Å². The van der Waals surface area contributed by atoms with Gasteiger partial charge in [0, 0.05) is 13.2 Å². The van der Waals surface area contributed by atoms with Crippen molar-refractivity contribution >= 4 is 0 Å². The fourth-order valence-corrected chi connectivity index (χ4v) is 5.79. The molecule has 4 saturated carbocycles. The third kappa shape index (κ3) is 2.58. The highest BCUT2D eigenvalue weighted by Crippen LogP contribution is 2.56. The zero-order chi connectivity index (χ0) is 12.7. The van der Waals surface area contributed by atoms with Gasteiger partial charge in [0.25, 0.3) is 0 Å². The first kappa shape index (κ1) is 12.6. The zero-order valence-electron chi connectivity index (χ0n) is 12.2. The summed E-state index contributed by atoms with van der Waals surface area (Å²) in [6.45, 7) is 4.48. The van der Waals surface area contributed by atoms with Gasteiger partial charge in [0.1, 0.15) is 0 Å². The van der Waals surface area contributed by atoms with Crippen LogP contribution in [0.15, 0.2) is 0 Å². The van der Waals surface area contributed by atoms with Crippen molar-refractivity contribution < 1.29 is 4.74 Å². The van der Waals surface area contributed by atoms with Gasteiger partial charge in [-0.2, -0.15) is 0 Å². The van der Waals surface area contributed by atoms with Crippen LogP contribution in [-0.4, -0.2) is 26.3 Å². The Morgan fingerprint density at radius 3 is 2.26 bits per heavy atom. The first-order chi connectivity index (χ1) is 9.38. The third-order valence-corrected chi connectivity index (χ3v) is 6.49. The standard InChI is InChI=1S/C17H29NO/c1-2-12(11-19-3-1)9-18-10-17-15-5-13-4-14(7-15)8-16(17)6-13/h12-18H,1-11H2. The molecule has 0 amide bonds. The minimum Gasteiger partial charge on any atom is -0.381 e. The fraction of sp³-hybridized carbons (Fsp3) is 1.00. The van der Waals surface area contributed by atoms with Crippen LogP contribution in [0.1, 0.15) is 44.9 Å². The van der Waals surface area contributed by atoms with Crippen LogP contribution in [0.4, 0.5) is 0 Å². The summed E-state index contributed by atoms with van der Waals surface area (Å²) >= 11 is 0. The van der Waals surface area contributed by atoms with Crippen molar-refractivity contribution in [2.75, 3.05) is 26.3 Å². The first-order valence-corrected chi connectivity index (χ1v) is 8.67. The topological polar surface area (TPSA) is 21.3 Å². The zero-order valence-corrected chi connectivity index (χ0v) is 12.2. The smallest absolute Gasteiger partial charge is 0.0506 e. The Kier molecular flexibility index (Phi) is 3.57. The minimum atomic E-state index is 0.783. The van der Waals surface area contributed by atoms with E-state index in [4.69, 9.17) is 4.74 Å². The molecular formula is C17H29NO. The average molecular weight is 263 g/mol. The third-order valence-electron chi connectivity index (χ3n) is 6.49. The maximum atomic E-state index is 5.58. The number of hydrogen-bond acceptors (Lipinski definition) is 2. The summed E-state index contributed by atoms with van der Waals surface area (Å²) in [4.78, 5) is 0. The van der Waals surface area contributed by atoms with E-state index in [2.05, 4.69) is 5.32 Å². The molecule has 4 bridgehead atoms. The Morgan fingerprint density at radius 2 is 1.63 bits per heavy atom. The molecule has 108 valence electrons. The van der Waals surface area contributed by atoms with Crippen molar-refractivity contribution in [1.82, 2.24) is 5.32 Å². The summed E-state index contributed by atoms with van der Waals surface area (Å²) in [6.07, 6.45) is 10.5. The van der Waals surface area contributed by atoms with E-state index in [0.717, 1.165) is 48.7 Å². The number of hydrogen-bond donors (Lipinski definition) is 1. The molecule has 19 heavy (non-hydrogen) atoms. The lowest BCUT2D eigenvalue weighted by Gasteiger charge is -2.54. The number of nitrogens with one attached hydrogen (secondary N) is 1.